The Hall–Kier alpha value is -0.770. The van der Waals surface area contributed by atoms with Gasteiger partial charge in [0.05, 0.1) is 7.11 Å². The number of hydrogen-bond acceptors (Lipinski definition) is 4. The largest absolute Gasteiger partial charge is 0.469 e. The van der Waals surface area contributed by atoms with E-state index in [1.807, 2.05) is 6.92 Å². The lowest BCUT2D eigenvalue weighted by Crippen LogP contribution is -2.13. The monoisotopic (exact) mass is 250 g/mol. The van der Waals surface area contributed by atoms with Gasteiger partial charge in [0.1, 0.15) is 0 Å². The number of ether oxygens (including phenoxy) is 2. The lowest BCUT2D eigenvalue weighted by Gasteiger charge is -2.10. The summed E-state index contributed by atoms with van der Waals surface area (Å²) in [5.41, 5.74) is -0.644. The van der Waals surface area contributed by atoms with Crippen LogP contribution in [0.5, 0.6) is 0 Å². The molecule has 0 amide bonds. The van der Waals surface area contributed by atoms with Crippen molar-refractivity contribution in [2.75, 3.05) is 7.11 Å². The zero-order valence-corrected chi connectivity index (χ0v) is 10.6. The Morgan fingerprint density at radius 2 is 1.81 bits per heavy atom. The predicted octanol–water partition coefficient (Wildman–Crippen LogP) is 2.63. The minimum absolute atomic E-state index is 0.277. The quantitative estimate of drug-likeness (QED) is 0.491. The van der Waals surface area contributed by atoms with Crippen LogP contribution in [0.25, 0.3) is 0 Å². The summed E-state index contributed by atoms with van der Waals surface area (Å²) < 4.78 is 9.42. The molecule has 0 aliphatic rings. The molecule has 0 aliphatic heterocycles. The maximum atomic E-state index is 11.2. The van der Waals surface area contributed by atoms with E-state index in [0.29, 0.717) is 25.7 Å². The average molecular weight is 251 g/mol. The molecule has 0 aromatic heterocycles. The summed E-state index contributed by atoms with van der Waals surface area (Å²) in [5.74, 6) is -0.555. The summed E-state index contributed by atoms with van der Waals surface area (Å²) in [6.07, 6.45) is 3.48. The average Bonchev–Trinajstić information content (AvgIpc) is 2.25. The summed E-state index contributed by atoms with van der Waals surface area (Å²) in [6.45, 7) is 2.00. The first-order valence-electron chi connectivity index (χ1n) is 5.50. The van der Waals surface area contributed by atoms with Crippen molar-refractivity contribution in [3.63, 3.8) is 0 Å². The SMILES string of the molecule is CCCCC(=O)OC(Cl)CCCC(=O)OC. The molecular weight excluding hydrogens is 232 g/mol. The number of carbonyl (C=O) groups is 2. The maximum absolute atomic E-state index is 11.2. The van der Waals surface area contributed by atoms with Crippen molar-refractivity contribution in [2.24, 2.45) is 0 Å². The van der Waals surface area contributed by atoms with E-state index in [-0.39, 0.29) is 11.9 Å². The van der Waals surface area contributed by atoms with Gasteiger partial charge in [-0.05, 0) is 19.3 Å². The summed E-state index contributed by atoms with van der Waals surface area (Å²) in [6, 6.07) is 0. The number of unbranched alkanes of at least 4 members (excludes halogenated alkanes) is 1. The number of hydrogen-bond donors (Lipinski definition) is 0. The maximum Gasteiger partial charge on any atom is 0.307 e. The van der Waals surface area contributed by atoms with Crippen LogP contribution >= 0.6 is 11.6 Å². The van der Waals surface area contributed by atoms with E-state index in [1.54, 1.807) is 0 Å². The topological polar surface area (TPSA) is 52.6 Å². The van der Waals surface area contributed by atoms with E-state index in [4.69, 9.17) is 16.3 Å². The lowest BCUT2D eigenvalue weighted by atomic mass is 10.2. The highest BCUT2D eigenvalue weighted by Gasteiger charge is 2.11. The second-order valence-electron chi connectivity index (χ2n) is 3.47. The van der Waals surface area contributed by atoms with Crippen LogP contribution in [0.1, 0.15) is 45.4 Å². The number of halogens is 1. The minimum Gasteiger partial charge on any atom is -0.469 e. The van der Waals surface area contributed by atoms with Gasteiger partial charge in [-0.1, -0.05) is 24.9 Å². The molecule has 0 aromatic carbocycles. The van der Waals surface area contributed by atoms with Crippen LogP contribution in [0.2, 0.25) is 0 Å². The third-order valence-electron chi connectivity index (χ3n) is 2.03. The zero-order valence-electron chi connectivity index (χ0n) is 9.83. The zero-order chi connectivity index (χ0) is 12.4. The van der Waals surface area contributed by atoms with Crippen molar-refractivity contribution in [3.05, 3.63) is 0 Å². The molecule has 0 radical (unpaired) electrons. The molecular formula is C11H19ClO4. The molecule has 1 atom stereocenters. The Morgan fingerprint density at radius 1 is 1.19 bits per heavy atom. The van der Waals surface area contributed by atoms with Gasteiger partial charge in [0.25, 0.3) is 0 Å². The van der Waals surface area contributed by atoms with Crippen LogP contribution in [0.3, 0.4) is 0 Å². The van der Waals surface area contributed by atoms with E-state index in [2.05, 4.69) is 4.74 Å². The standard InChI is InChI=1S/C11H19ClO4/c1-3-4-7-11(14)16-9(12)6-5-8-10(13)15-2/h9H,3-8H2,1-2H3. The van der Waals surface area contributed by atoms with Gasteiger partial charge in [-0.3, -0.25) is 9.59 Å². The van der Waals surface area contributed by atoms with Crippen molar-refractivity contribution < 1.29 is 19.1 Å². The molecule has 0 spiro atoms. The van der Waals surface area contributed by atoms with E-state index >= 15 is 0 Å². The Kier molecular flexibility index (Phi) is 9.00. The van der Waals surface area contributed by atoms with E-state index in [1.165, 1.54) is 7.11 Å². The first-order valence-corrected chi connectivity index (χ1v) is 5.94. The van der Waals surface area contributed by atoms with Crippen LogP contribution < -0.4 is 0 Å². The second-order valence-corrected chi connectivity index (χ2v) is 3.96. The first kappa shape index (κ1) is 15.2. The summed E-state index contributed by atoms with van der Waals surface area (Å²) in [7, 11) is 1.34. The van der Waals surface area contributed by atoms with E-state index < -0.39 is 5.56 Å². The van der Waals surface area contributed by atoms with Gasteiger partial charge >= 0.3 is 11.9 Å². The number of esters is 2. The molecule has 0 aliphatic carbocycles. The van der Waals surface area contributed by atoms with Crippen molar-refractivity contribution in [1.29, 1.82) is 0 Å². The minimum atomic E-state index is -0.644. The summed E-state index contributed by atoms with van der Waals surface area (Å²) in [5, 5.41) is 0. The fourth-order valence-corrected chi connectivity index (χ4v) is 1.34. The number of carbonyl (C=O) groups excluding carboxylic acids is 2. The third-order valence-corrected chi connectivity index (χ3v) is 2.34. The third kappa shape index (κ3) is 8.53. The number of alkyl halides is 1. The molecule has 0 aromatic rings. The van der Waals surface area contributed by atoms with Gasteiger partial charge in [0.15, 0.2) is 5.56 Å². The number of methoxy groups -OCH3 is 1. The Balaban J connectivity index is 3.53. The van der Waals surface area contributed by atoms with Crippen LogP contribution in [0, 0.1) is 0 Å². The van der Waals surface area contributed by atoms with Gasteiger partial charge in [0.2, 0.25) is 0 Å². The Morgan fingerprint density at radius 3 is 2.38 bits per heavy atom. The molecule has 0 fully saturated rings. The highest BCUT2D eigenvalue weighted by atomic mass is 35.5. The van der Waals surface area contributed by atoms with Crippen LogP contribution in [-0.4, -0.2) is 24.6 Å². The molecule has 1 unspecified atom stereocenters. The van der Waals surface area contributed by atoms with Crippen molar-refractivity contribution in [3.8, 4) is 0 Å². The van der Waals surface area contributed by atoms with Crippen molar-refractivity contribution in [1.82, 2.24) is 0 Å². The molecule has 5 heteroatoms. The van der Waals surface area contributed by atoms with Crippen LogP contribution in [-0.2, 0) is 19.1 Å². The molecule has 0 rings (SSSR count). The highest BCUT2D eigenvalue weighted by Crippen LogP contribution is 2.11. The van der Waals surface area contributed by atoms with Crippen molar-refractivity contribution >= 4 is 23.5 Å². The second kappa shape index (κ2) is 9.46. The normalized spacial score (nSPS) is 11.9. The van der Waals surface area contributed by atoms with Gasteiger partial charge < -0.3 is 9.47 Å². The van der Waals surface area contributed by atoms with E-state index in [9.17, 15) is 9.59 Å². The van der Waals surface area contributed by atoms with Crippen LogP contribution in [0.4, 0.5) is 0 Å². The van der Waals surface area contributed by atoms with Crippen molar-refractivity contribution in [2.45, 2.75) is 51.0 Å². The molecule has 0 saturated heterocycles. The van der Waals surface area contributed by atoms with Gasteiger partial charge in [-0.2, -0.15) is 0 Å². The molecule has 0 N–H and O–H groups in total. The van der Waals surface area contributed by atoms with Gasteiger partial charge in [-0.15, -0.1) is 0 Å². The molecule has 16 heavy (non-hydrogen) atoms. The molecule has 94 valence electrons. The molecule has 4 nitrogen and oxygen atoms in total. The van der Waals surface area contributed by atoms with E-state index in [0.717, 1.165) is 12.8 Å². The number of rotatable bonds is 8. The highest BCUT2D eigenvalue weighted by molar-refractivity contribution is 6.20. The summed E-state index contributed by atoms with van der Waals surface area (Å²) in [4.78, 5) is 22.0. The fraction of sp³-hybridized carbons (Fsp3) is 0.818. The molecule has 0 heterocycles. The van der Waals surface area contributed by atoms with Gasteiger partial charge in [0, 0.05) is 12.8 Å². The molecule has 0 bridgehead atoms. The van der Waals surface area contributed by atoms with Crippen LogP contribution in [0.15, 0.2) is 0 Å². The summed E-state index contributed by atoms with van der Waals surface area (Å²) >= 11 is 5.79. The first-order chi connectivity index (χ1) is 7.60. The van der Waals surface area contributed by atoms with Gasteiger partial charge in [-0.25, -0.2) is 0 Å². The molecule has 0 saturated carbocycles. The smallest absolute Gasteiger partial charge is 0.307 e. The predicted molar refractivity (Wildman–Crippen MR) is 61.1 cm³/mol. The Bertz CT molecular complexity index is 218. The lowest BCUT2D eigenvalue weighted by molar-refractivity contribution is -0.145. The fourth-order valence-electron chi connectivity index (χ4n) is 1.09. The Labute approximate surface area is 101 Å².